The van der Waals surface area contributed by atoms with Gasteiger partial charge in [0.05, 0.1) is 0 Å². The molecule has 3 rings (SSSR count). The number of carbonyl (C=O) groups excluding carboxylic acids is 3. The second-order valence-corrected chi connectivity index (χ2v) is 7.42. The second-order valence-electron chi connectivity index (χ2n) is 6.99. The quantitative estimate of drug-likeness (QED) is 0.443. The van der Waals surface area contributed by atoms with E-state index >= 15 is 0 Å². The summed E-state index contributed by atoms with van der Waals surface area (Å²) in [6, 6.07) is 4.54. The molecule has 8 heteroatoms. The molecule has 2 aromatic rings. The molecule has 0 bridgehead atoms. The molecule has 7 nitrogen and oxygen atoms in total. The fourth-order valence-electron chi connectivity index (χ4n) is 3.34. The van der Waals surface area contributed by atoms with Crippen LogP contribution in [0.15, 0.2) is 24.4 Å². The number of imide groups is 1. The Bertz CT molecular complexity index is 879. The number of carbonyl (C=O) groups is 3. The van der Waals surface area contributed by atoms with E-state index in [-0.39, 0.29) is 24.8 Å². The van der Waals surface area contributed by atoms with Crippen LogP contribution in [0, 0.1) is 0 Å². The topological polar surface area (TPSA) is 94.3 Å². The van der Waals surface area contributed by atoms with Crippen molar-refractivity contribution in [1.82, 2.24) is 20.5 Å². The van der Waals surface area contributed by atoms with Crippen molar-refractivity contribution in [2.45, 2.75) is 45.1 Å². The van der Waals surface area contributed by atoms with E-state index in [0.717, 1.165) is 29.3 Å². The lowest BCUT2D eigenvalue weighted by molar-refractivity contribution is -0.127. The summed E-state index contributed by atoms with van der Waals surface area (Å²) in [6.45, 7) is 2.97. The minimum absolute atomic E-state index is 0.0929. The molecule has 1 atom stereocenters. The second kappa shape index (κ2) is 9.10. The van der Waals surface area contributed by atoms with Crippen LogP contribution in [0.1, 0.15) is 38.2 Å². The lowest BCUT2D eigenvalue weighted by Crippen LogP contribution is -2.34. The Morgan fingerprint density at radius 1 is 1.32 bits per heavy atom. The van der Waals surface area contributed by atoms with E-state index in [2.05, 4.69) is 22.5 Å². The van der Waals surface area contributed by atoms with Gasteiger partial charge in [-0.25, -0.2) is 4.79 Å². The Morgan fingerprint density at radius 2 is 2.14 bits per heavy atom. The van der Waals surface area contributed by atoms with Crippen molar-refractivity contribution in [2.75, 3.05) is 13.1 Å². The number of hydrogen-bond acceptors (Lipinski definition) is 3. The van der Waals surface area contributed by atoms with Gasteiger partial charge >= 0.3 is 6.03 Å². The van der Waals surface area contributed by atoms with Crippen molar-refractivity contribution in [3.8, 4) is 0 Å². The Labute approximate surface area is 168 Å². The van der Waals surface area contributed by atoms with E-state index in [1.807, 2.05) is 24.4 Å². The number of rotatable bonds is 9. The highest BCUT2D eigenvalue weighted by atomic mass is 35.5. The number of nitrogens with one attached hydrogen (secondary N) is 3. The van der Waals surface area contributed by atoms with Crippen LogP contribution >= 0.6 is 11.6 Å². The number of unbranched alkanes of at least 4 members (excludes halogenated alkanes) is 1. The summed E-state index contributed by atoms with van der Waals surface area (Å²) in [4.78, 5) is 40.9. The predicted octanol–water partition coefficient (Wildman–Crippen LogP) is 2.98. The average Bonchev–Trinajstić information content (AvgIpc) is 3.19. The molecule has 1 aliphatic rings. The van der Waals surface area contributed by atoms with Gasteiger partial charge in [0.2, 0.25) is 5.91 Å². The van der Waals surface area contributed by atoms with E-state index in [9.17, 15) is 14.4 Å². The molecule has 2 heterocycles. The van der Waals surface area contributed by atoms with Crippen LogP contribution in [-0.2, 0) is 16.0 Å². The van der Waals surface area contributed by atoms with Crippen LogP contribution in [0.25, 0.3) is 10.9 Å². The largest absolute Gasteiger partial charge is 0.361 e. The predicted molar refractivity (Wildman–Crippen MR) is 108 cm³/mol. The number of urea groups is 1. The van der Waals surface area contributed by atoms with Crippen LogP contribution in [0.3, 0.4) is 0 Å². The van der Waals surface area contributed by atoms with Gasteiger partial charge in [-0.3, -0.25) is 14.5 Å². The third kappa shape index (κ3) is 4.65. The standard InChI is InChI=1S/C20H25ClN4O3/c1-2-3-9-22-18(26)7-6-17-19(27)25(20(28)24-17)10-8-13-12-23-16-5-4-14(21)11-15(13)16/h4-5,11-12,17,23H,2-3,6-10H2,1H3,(H,22,26)(H,24,28)/t17-/m1/s1. The van der Waals surface area contributed by atoms with Gasteiger partial charge in [-0.15, -0.1) is 0 Å². The zero-order chi connectivity index (χ0) is 20.1. The number of benzene rings is 1. The highest BCUT2D eigenvalue weighted by Gasteiger charge is 2.37. The van der Waals surface area contributed by atoms with Crippen LogP contribution in [0.2, 0.25) is 5.02 Å². The minimum Gasteiger partial charge on any atom is -0.361 e. The first kappa shape index (κ1) is 20.2. The Morgan fingerprint density at radius 3 is 2.93 bits per heavy atom. The molecule has 4 amide bonds. The maximum absolute atomic E-state index is 12.5. The van der Waals surface area contributed by atoms with Crippen LogP contribution in [0.5, 0.6) is 0 Å². The highest BCUT2D eigenvalue weighted by molar-refractivity contribution is 6.31. The first-order chi connectivity index (χ1) is 13.5. The Kier molecular flexibility index (Phi) is 6.57. The molecule has 1 aliphatic heterocycles. The van der Waals surface area contributed by atoms with Gasteiger partial charge in [0.1, 0.15) is 6.04 Å². The van der Waals surface area contributed by atoms with Crippen LogP contribution in [-0.4, -0.2) is 46.9 Å². The molecule has 3 N–H and O–H groups in total. The van der Waals surface area contributed by atoms with E-state index in [1.54, 1.807) is 0 Å². The third-order valence-electron chi connectivity index (χ3n) is 4.95. The number of aromatic nitrogens is 1. The van der Waals surface area contributed by atoms with Gasteiger partial charge in [0.15, 0.2) is 0 Å². The summed E-state index contributed by atoms with van der Waals surface area (Å²) in [5.41, 5.74) is 1.96. The molecule has 0 saturated carbocycles. The van der Waals surface area contributed by atoms with Crippen molar-refractivity contribution in [1.29, 1.82) is 0 Å². The van der Waals surface area contributed by atoms with Gasteiger partial charge in [0, 0.05) is 41.6 Å². The molecule has 1 aromatic carbocycles. The van der Waals surface area contributed by atoms with E-state index in [4.69, 9.17) is 11.6 Å². The summed E-state index contributed by atoms with van der Waals surface area (Å²) in [7, 11) is 0. The number of hydrogen-bond donors (Lipinski definition) is 3. The summed E-state index contributed by atoms with van der Waals surface area (Å²) >= 11 is 6.07. The van der Waals surface area contributed by atoms with Crippen LogP contribution < -0.4 is 10.6 Å². The van der Waals surface area contributed by atoms with Gasteiger partial charge in [-0.1, -0.05) is 24.9 Å². The maximum atomic E-state index is 12.5. The first-order valence-electron chi connectivity index (χ1n) is 9.63. The summed E-state index contributed by atoms with van der Waals surface area (Å²) in [5.74, 6) is -0.367. The molecule has 1 aromatic heterocycles. The smallest absolute Gasteiger partial charge is 0.324 e. The highest BCUT2D eigenvalue weighted by Crippen LogP contribution is 2.23. The molecule has 1 saturated heterocycles. The molecule has 0 aliphatic carbocycles. The van der Waals surface area contributed by atoms with E-state index < -0.39 is 12.1 Å². The Hall–Kier alpha value is -2.54. The van der Waals surface area contributed by atoms with Crippen molar-refractivity contribution < 1.29 is 14.4 Å². The Balaban J connectivity index is 1.53. The van der Waals surface area contributed by atoms with Crippen molar-refractivity contribution >= 4 is 40.3 Å². The molecular formula is C20H25ClN4O3. The maximum Gasteiger partial charge on any atom is 0.324 e. The first-order valence-corrected chi connectivity index (χ1v) is 10.0. The molecular weight excluding hydrogens is 380 g/mol. The monoisotopic (exact) mass is 404 g/mol. The van der Waals surface area contributed by atoms with Crippen molar-refractivity contribution in [3.05, 3.63) is 35.0 Å². The summed E-state index contributed by atoms with van der Waals surface area (Å²) in [5, 5.41) is 7.13. The molecule has 0 unspecified atom stereocenters. The molecule has 0 radical (unpaired) electrons. The van der Waals surface area contributed by atoms with E-state index in [0.29, 0.717) is 24.4 Å². The fourth-order valence-corrected chi connectivity index (χ4v) is 3.51. The normalized spacial score (nSPS) is 16.6. The number of H-pyrrole nitrogens is 1. The summed E-state index contributed by atoms with van der Waals surface area (Å²) < 4.78 is 0. The molecule has 1 fully saturated rings. The van der Waals surface area contributed by atoms with Crippen molar-refractivity contribution in [3.63, 3.8) is 0 Å². The van der Waals surface area contributed by atoms with Gasteiger partial charge < -0.3 is 15.6 Å². The molecule has 150 valence electrons. The molecule has 28 heavy (non-hydrogen) atoms. The fraction of sp³-hybridized carbons (Fsp3) is 0.450. The van der Waals surface area contributed by atoms with Crippen LogP contribution in [0.4, 0.5) is 4.79 Å². The number of fused-ring (bicyclic) bond motifs is 1. The van der Waals surface area contributed by atoms with Gasteiger partial charge in [0.25, 0.3) is 5.91 Å². The number of aromatic amines is 1. The average molecular weight is 405 g/mol. The number of amides is 4. The minimum atomic E-state index is -0.637. The van der Waals surface area contributed by atoms with Gasteiger partial charge in [-0.2, -0.15) is 0 Å². The van der Waals surface area contributed by atoms with Crippen molar-refractivity contribution in [2.24, 2.45) is 0 Å². The number of halogens is 1. The van der Waals surface area contributed by atoms with E-state index in [1.165, 1.54) is 4.90 Å². The molecule has 0 spiro atoms. The van der Waals surface area contributed by atoms with Gasteiger partial charge in [-0.05, 0) is 43.0 Å². The lowest BCUT2D eigenvalue weighted by atomic mass is 10.1. The zero-order valence-electron chi connectivity index (χ0n) is 15.9. The third-order valence-corrected chi connectivity index (χ3v) is 5.19. The lowest BCUT2D eigenvalue weighted by Gasteiger charge is -2.12. The SMILES string of the molecule is CCCCNC(=O)CC[C@H]1NC(=O)N(CCc2c[nH]c3ccc(Cl)cc23)C1=O. The zero-order valence-corrected chi connectivity index (χ0v) is 16.6. The number of nitrogens with zero attached hydrogens (tertiary/aromatic N) is 1. The summed E-state index contributed by atoms with van der Waals surface area (Å²) in [6.07, 6.45) is 4.87.